The third kappa shape index (κ3) is 0.828. The average molecular weight is 190 g/mol. The fraction of sp³-hybridized carbons (Fsp3) is 0.400. The molecular weight excluding hydrogens is 180 g/mol. The van der Waals surface area contributed by atoms with E-state index in [-0.39, 0.29) is 29.8 Å². The number of carbonyl (C=O) groups is 2. The fourth-order valence-corrected chi connectivity index (χ4v) is 2.50. The van der Waals surface area contributed by atoms with Crippen molar-refractivity contribution in [2.45, 2.75) is 18.5 Å². The maximum Gasteiger partial charge on any atom is 0.315 e. The van der Waals surface area contributed by atoms with Crippen LogP contribution >= 0.6 is 0 Å². The molecule has 0 aromatic heterocycles. The monoisotopic (exact) mass is 190 g/mol. The third-order valence-electron chi connectivity index (χ3n) is 3.15. The first-order valence-electron chi connectivity index (χ1n) is 4.75. The van der Waals surface area contributed by atoms with Gasteiger partial charge in [-0.15, -0.1) is 0 Å². The smallest absolute Gasteiger partial charge is 0.315 e. The minimum Gasteiger partial charge on any atom is -0.332 e. The van der Waals surface area contributed by atoms with Gasteiger partial charge in [0.1, 0.15) is 6.04 Å². The van der Waals surface area contributed by atoms with E-state index in [0.29, 0.717) is 0 Å². The van der Waals surface area contributed by atoms with E-state index < -0.39 is 0 Å². The molecule has 2 N–H and O–H groups in total. The number of urea groups is 1. The Morgan fingerprint density at radius 3 is 3.00 bits per heavy atom. The van der Waals surface area contributed by atoms with E-state index >= 15 is 0 Å². The van der Waals surface area contributed by atoms with Gasteiger partial charge in [0.15, 0.2) is 5.78 Å². The zero-order chi connectivity index (χ0) is 9.71. The van der Waals surface area contributed by atoms with E-state index in [1.165, 1.54) is 0 Å². The van der Waals surface area contributed by atoms with Crippen LogP contribution in [0.15, 0.2) is 23.8 Å². The van der Waals surface area contributed by atoms with Crippen LogP contribution in [0.3, 0.4) is 0 Å². The third-order valence-corrected chi connectivity index (χ3v) is 3.15. The van der Waals surface area contributed by atoms with E-state index in [2.05, 4.69) is 10.6 Å². The van der Waals surface area contributed by atoms with Crippen molar-refractivity contribution >= 4 is 11.8 Å². The minimum atomic E-state index is -0.335. The van der Waals surface area contributed by atoms with Crippen molar-refractivity contribution < 1.29 is 9.59 Å². The van der Waals surface area contributed by atoms with Gasteiger partial charge < -0.3 is 10.6 Å². The molecule has 0 radical (unpaired) electrons. The zero-order valence-corrected chi connectivity index (χ0v) is 7.49. The first kappa shape index (κ1) is 7.79. The highest BCUT2D eigenvalue weighted by Gasteiger charge is 2.50. The number of nitrogens with one attached hydrogen (secondary N) is 2. The Balaban J connectivity index is 2.01. The Kier molecular flexibility index (Phi) is 1.37. The summed E-state index contributed by atoms with van der Waals surface area (Å²) in [6.07, 6.45) is 6.66. The normalized spacial score (nSPS) is 38.6. The quantitative estimate of drug-likeness (QED) is 0.570. The van der Waals surface area contributed by atoms with Gasteiger partial charge in [-0.2, -0.15) is 0 Å². The lowest BCUT2D eigenvalue weighted by Gasteiger charge is -2.17. The van der Waals surface area contributed by atoms with Crippen LogP contribution in [0.4, 0.5) is 4.79 Å². The number of ketones is 1. The molecule has 4 nitrogen and oxygen atoms in total. The Hall–Kier alpha value is -1.58. The molecule has 1 heterocycles. The van der Waals surface area contributed by atoms with Crippen LogP contribution < -0.4 is 10.6 Å². The van der Waals surface area contributed by atoms with Gasteiger partial charge in [-0.25, -0.2) is 4.79 Å². The molecular formula is C10H10N2O2. The van der Waals surface area contributed by atoms with E-state index in [0.717, 1.165) is 12.0 Å². The molecule has 0 aromatic carbocycles. The van der Waals surface area contributed by atoms with Gasteiger partial charge in [0.25, 0.3) is 0 Å². The molecule has 0 spiro atoms. The van der Waals surface area contributed by atoms with Gasteiger partial charge in [0, 0.05) is 11.5 Å². The molecule has 1 aliphatic heterocycles. The molecule has 14 heavy (non-hydrogen) atoms. The van der Waals surface area contributed by atoms with Crippen molar-refractivity contribution in [1.29, 1.82) is 0 Å². The second-order valence-corrected chi connectivity index (χ2v) is 3.88. The second-order valence-electron chi connectivity index (χ2n) is 3.88. The number of hydrogen-bond acceptors (Lipinski definition) is 2. The van der Waals surface area contributed by atoms with Gasteiger partial charge in [0.05, 0.1) is 6.04 Å². The lowest BCUT2D eigenvalue weighted by molar-refractivity contribution is -0.116. The van der Waals surface area contributed by atoms with Crippen LogP contribution in [0.1, 0.15) is 6.42 Å². The summed E-state index contributed by atoms with van der Waals surface area (Å²) in [5, 5.41) is 5.45. The number of amides is 2. The van der Waals surface area contributed by atoms with Gasteiger partial charge in [-0.05, 0) is 6.42 Å². The molecule has 2 aliphatic carbocycles. The molecule has 3 rings (SSSR count). The van der Waals surface area contributed by atoms with Crippen molar-refractivity contribution in [1.82, 2.24) is 10.6 Å². The summed E-state index contributed by atoms with van der Waals surface area (Å²) in [5.74, 6) is 0.249. The Morgan fingerprint density at radius 2 is 2.14 bits per heavy atom. The number of allylic oxidation sites excluding steroid dienone is 3. The van der Waals surface area contributed by atoms with Crippen LogP contribution in [-0.2, 0) is 4.79 Å². The van der Waals surface area contributed by atoms with E-state index in [9.17, 15) is 9.59 Å². The molecule has 3 atom stereocenters. The second kappa shape index (κ2) is 2.47. The number of Topliss-reactive ketones (excluding diaryl/α,β-unsaturated/α-hetero) is 1. The largest absolute Gasteiger partial charge is 0.332 e. The lowest BCUT2D eigenvalue weighted by Crippen LogP contribution is -2.35. The Labute approximate surface area is 81.0 Å². The summed E-state index contributed by atoms with van der Waals surface area (Å²) in [4.78, 5) is 22.9. The predicted octanol–water partition coefficient (Wildman–Crippen LogP) is 0.122. The maximum atomic E-state index is 11.8. The summed E-state index contributed by atoms with van der Waals surface area (Å²) >= 11 is 0. The van der Waals surface area contributed by atoms with Crippen LogP contribution in [-0.4, -0.2) is 23.9 Å². The van der Waals surface area contributed by atoms with Gasteiger partial charge in [-0.3, -0.25) is 4.79 Å². The molecule has 72 valence electrons. The highest BCUT2D eigenvalue weighted by atomic mass is 16.2. The highest BCUT2D eigenvalue weighted by molar-refractivity contribution is 6.07. The van der Waals surface area contributed by atoms with Crippen molar-refractivity contribution in [3.63, 3.8) is 0 Å². The molecule has 1 saturated carbocycles. The molecule has 0 aromatic rings. The van der Waals surface area contributed by atoms with E-state index in [4.69, 9.17) is 0 Å². The standard InChI is InChI=1S/C10H10N2O2/c13-9-6-4-2-1-3-5(6)7-8(9)12-10(14)11-7/h1-2,4-5,7-8H,3H2,(H2,11,12,14). The van der Waals surface area contributed by atoms with Crippen molar-refractivity contribution in [3.05, 3.63) is 23.8 Å². The van der Waals surface area contributed by atoms with Gasteiger partial charge in [0.2, 0.25) is 0 Å². The summed E-state index contributed by atoms with van der Waals surface area (Å²) in [5.41, 5.74) is 0.856. The topological polar surface area (TPSA) is 58.2 Å². The number of hydrogen-bond donors (Lipinski definition) is 2. The van der Waals surface area contributed by atoms with Crippen molar-refractivity contribution in [2.75, 3.05) is 0 Å². The minimum absolute atomic E-state index is 0.0359. The maximum absolute atomic E-state index is 11.8. The van der Waals surface area contributed by atoms with E-state index in [1.807, 2.05) is 18.2 Å². The summed E-state index contributed by atoms with van der Waals surface area (Å²) in [6.45, 7) is 0. The van der Waals surface area contributed by atoms with E-state index in [1.54, 1.807) is 0 Å². The van der Waals surface area contributed by atoms with Crippen molar-refractivity contribution in [2.24, 2.45) is 5.92 Å². The highest BCUT2D eigenvalue weighted by Crippen LogP contribution is 2.35. The number of fused-ring (bicyclic) bond motifs is 3. The molecule has 3 aliphatic rings. The summed E-state index contributed by atoms with van der Waals surface area (Å²) in [6, 6.07) is -0.591. The fourth-order valence-electron chi connectivity index (χ4n) is 2.50. The molecule has 2 amide bonds. The first-order valence-corrected chi connectivity index (χ1v) is 4.75. The van der Waals surface area contributed by atoms with Crippen LogP contribution in [0.25, 0.3) is 0 Å². The number of rotatable bonds is 0. The molecule has 1 saturated heterocycles. The molecule has 0 bridgehead atoms. The van der Waals surface area contributed by atoms with Crippen molar-refractivity contribution in [3.8, 4) is 0 Å². The first-order chi connectivity index (χ1) is 6.77. The Bertz CT molecular complexity index is 384. The SMILES string of the molecule is O=C1NC2C(=O)C3=CC=CCC3C2N1. The number of carbonyl (C=O) groups excluding carboxylic acids is 2. The van der Waals surface area contributed by atoms with Crippen LogP contribution in [0.2, 0.25) is 0 Å². The van der Waals surface area contributed by atoms with Gasteiger partial charge >= 0.3 is 6.03 Å². The summed E-state index contributed by atoms with van der Waals surface area (Å²) in [7, 11) is 0. The molecule has 2 fully saturated rings. The average Bonchev–Trinajstić information content (AvgIpc) is 2.68. The molecule has 3 unspecified atom stereocenters. The van der Waals surface area contributed by atoms with Gasteiger partial charge in [-0.1, -0.05) is 18.2 Å². The predicted molar refractivity (Wildman–Crippen MR) is 49.6 cm³/mol. The zero-order valence-electron chi connectivity index (χ0n) is 7.49. The summed E-state index contributed by atoms with van der Waals surface area (Å²) < 4.78 is 0. The van der Waals surface area contributed by atoms with Crippen LogP contribution in [0, 0.1) is 5.92 Å². The lowest BCUT2D eigenvalue weighted by atomic mass is 9.92. The molecule has 4 heteroatoms. The van der Waals surface area contributed by atoms with Crippen LogP contribution in [0.5, 0.6) is 0 Å². The Morgan fingerprint density at radius 1 is 1.29 bits per heavy atom.